The average molecular weight is 528 g/mol. The highest BCUT2D eigenvalue weighted by Gasteiger charge is 2.35. The van der Waals surface area contributed by atoms with E-state index >= 15 is 0 Å². The van der Waals surface area contributed by atoms with Crippen molar-refractivity contribution < 1.29 is 23.5 Å². The summed E-state index contributed by atoms with van der Waals surface area (Å²) in [6.45, 7) is 3.07. The highest BCUT2D eigenvalue weighted by atomic mass is 16.5. The van der Waals surface area contributed by atoms with Crippen molar-refractivity contribution in [2.75, 3.05) is 20.3 Å². The summed E-state index contributed by atoms with van der Waals surface area (Å²) in [5, 5.41) is 3.01. The minimum Gasteiger partial charge on any atom is -0.497 e. The fourth-order valence-electron chi connectivity index (χ4n) is 4.81. The molecule has 0 bridgehead atoms. The van der Waals surface area contributed by atoms with Gasteiger partial charge in [-0.05, 0) is 67.3 Å². The van der Waals surface area contributed by atoms with E-state index in [1.165, 1.54) is 0 Å². The molecule has 1 aliphatic rings. The molecule has 2 atom stereocenters. The lowest BCUT2D eigenvalue weighted by molar-refractivity contribution is -0.127. The number of hydrogen-bond acceptors (Lipinski definition) is 5. The zero-order valence-electron chi connectivity index (χ0n) is 22.2. The van der Waals surface area contributed by atoms with E-state index < -0.39 is 6.04 Å². The molecule has 2 N–H and O–H groups in total. The molecular formula is C31H33N3O5. The number of aryl methyl sites for hydroxylation is 1. The predicted octanol–water partition coefficient (Wildman–Crippen LogP) is 5.27. The van der Waals surface area contributed by atoms with Gasteiger partial charge in [0.15, 0.2) is 6.04 Å². The number of nitrogens with zero attached hydrogens (tertiary/aromatic N) is 1. The minimum absolute atomic E-state index is 0.0319. The van der Waals surface area contributed by atoms with Crippen LogP contribution in [0.25, 0.3) is 11.3 Å². The third-order valence-electron chi connectivity index (χ3n) is 6.89. The van der Waals surface area contributed by atoms with E-state index in [0.717, 1.165) is 29.7 Å². The number of rotatable bonds is 10. The molecule has 0 saturated carbocycles. The Morgan fingerprint density at radius 1 is 1.05 bits per heavy atom. The summed E-state index contributed by atoms with van der Waals surface area (Å²) < 4.78 is 16.9. The minimum atomic E-state index is -0.988. The largest absolute Gasteiger partial charge is 0.497 e. The molecular weight excluding hydrogens is 494 g/mol. The van der Waals surface area contributed by atoms with Gasteiger partial charge in [0.05, 0.1) is 13.2 Å². The number of benzene rings is 2. The van der Waals surface area contributed by atoms with Gasteiger partial charge in [-0.2, -0.15) is 0 Å². The molecule has 4 aromatic rings. The molecule has 5 rings (SSSR count). The first kappa shape index (κ1) is 26.3. The van der Waals surface area contributed by atoms with Crippen molar-refractivity contribution >= 4 is 11.8 Å². The standard InChI is InChI=1S/C31H33N3O5/c1-21-10-17-28(39-21)29(30(35)32-19-25-9-6-18-38-25)34(20-22-11-13-24(37-2)14-12-22)31(36)27-16-15-26(33-27)23-7-4-3-5-8-23/h3-5,7-8,10-17,25,29,33H,6,9,18-20H2,1-2H3,(H,32,35)/t25-,29-/m1/s1. The molecule has 3 heterocycles. The van der Waals surface area contributed by atoms with E-state index in [-0.39, 0.29) is 24.5 Å². The van der Waals surface area contributed by atoms with Crippen LogP contribution in [0.3, 0.4) is 0 Å². The summed E-state index contributed by atoms with van der Waals surface area (Å²) in [6, 6.07) is 23.4. The second-order valence-corrected chi connectivity index (χ2v) is 9.66. The van der Waals surface area contributed by atoms with Crippen molar-refractivity contribution in [3.8, 4) is 17.0 Å². The molecule has 8 nitrogen and oxygen atoms in total. The number of amides is 2. The van der Waals surface area contributed by atoms with Crippen LogP contribution in [0.1, 0.15) is 46.5 Å². The third kappa shape index (κ3) is 6.23. The van der Waals surface area contributed by atoms with Gasteiger partial charge in [-0.1, -0.05) is 42.5 Å². The molecule has 2 aromatic carbocycles. The number of hydrogen-bond donors (Lipinski definition) is 2. The highest BCUT2D eigenvalue weighted by molar-refractivity contribution is 5.97. The monoisotopic (exact) mass is 527 g/mol. The number of aromatic amines is 1. The Morgan fingerprint density at radius 3 is 2.51 bits per heavy atom. The van der Waals surface area contributed by atoms with Gasteiger partial charge in [0, 0.05) is 25.4 Å². The lowest BCUT2D eigenvalue weighted by atomic mass is 10.1. The van der Waals surface area contributed by atoms with Gasteiger partial charge in [0.2, 0.25) is 0 Å². The number of H-pyrrole nitrogens is 1. The summed E-state index contributed by atoms with van der Waals surface area (Å²) in [4.78, 5) is 32.7. The summed E-state index contributed by atoms with van der Waals surface area (Å²) in [6.07, 6.45) is 1.83. The first-order valence-electron chi connectivity index (χ1n) is 13.2. The Hall–Kier alpha value is -4.30. The van der Waals surface area contributed by atoms with Gasteiger partial charge in [-0.15, -0.1) is 0 Å². The topological polar surface area (TPSA) is 96.8 Å². The summed E-state index contributed by atoms with van der Waals surface area (Å²) >= 11 is 0. The van der Waals surface area contributed by atoms with Crippen molar-refractivity contribution in [3.05, 3.63) is 102 Å². The molecule has 39 heavy (non-hydrogen) atoms. The van der Waals surface area contributed by atoms with E-state index in [1.807, 2.05) is 67.6 Å². The summed E-state index contributed by atoms with van der Waals surface area (Å²) in [5.41, 5.74) is 3.00. The number of furan rings is 1. The van der Waals surface area contributed by atoms with Crippen LogP contribution in [0.15, 0.2) is 83.3 Å². The van der Waals surface area contributed by atoms with Crippen LogP contribution in [0.5, 0.6) is 5.75 Å². The molecule has 0 unspecified atom stereocenters. The van der Waals surface area contributed by atoms with Crippen molar-refractivity contribution in [3.63, 3.8) is 0 Å². The second kappa shape index (κ2) is 12.0. The van der Waals surface area contributed by atoms with Crippen LogP contribution < -0.4 is 10.1 Å². The zero-order valence-corrected chi connectivity index (χ0v) is 22.2. The van der Waals surface area contributed by atoms with E-state index in [1.54, 1.807) is 30.2 Å². The number of carbonyl (C=O) groups excluding carboxylic acids is 2. The predicted molar refractivity (Wildman–Crippen MR) is 147 cm³/mol. The van der Waals surface area contributed by atoms with Gasteiger partial charge in [-0.25, -0.2) is 0 Å². The van der Waals surface area contributed by atoms with Crippen LogP contribution in [0.4, 0.5) is 0 Å². The van der Waals surface area contributed by atoms with Gasteiger partial charge >= 0.3 is 0 Å². The third-order valence-corrected chi connectivity index (χ3v) is 6.89. The lowest BCUT2D eigenvalue weighted by Crippen LogP contribution is -2.45. The van der Waals surface area contributed by atoms with Crippen molar-refractivity contribution in [2.45, 2.75) is 38.5 Å². The maximum Gasteiger partial charge on any atom is 0.271 e. The molecule has 0 spiro atoms. The Balaban J connectivity index is 1.49. The molecule has 1 fully saturated rings. The average Bonchev–Trinajstić information content (AvgIpc) is 3.75. The zero-order chi connectivity index (χ0) is 27.2. The first-order chi connectivity index (χ1) is 19.0. The fourth-order valence-corrected chi connectivity index (χ4v) is 4.81. The van der Waals surface area contributed by atoms with Crippen LogP contribution in [0, 0.1) is 6.92 Å². The lowest BCUT2D eigenvalue weighted by Gasteiger charge is -2.30. The number of ether oxygens (including phenoxy) is 2. The van der Waals surface area contributed by atoms with Crippen molar-refractivity contribution in [2.24, 2.45) is 0 Å². The first-order valence-corrected chi connectivity index (χ1v) is 13.2. The van der Waals surface area contributed by atoms with E-state index in [2.05, 4.69) is 10.3 Å². The molecule has 0 radical (unpaired) electrons. The van der Waals surface area contributed by atoms with Crippen molar-refractivity contribution in [1.29, 1.82) is 0 Å². The fraction of sp³-hybridized carbons (Fsp3) is 0.290. The van der Waals surface area contributed by atoms with E-state index in [4.69, 9.17) is 13.9 Å². The summed E-state index contributed by atoms with van der Waals surface area (Å²) in [7, 11) is 1.61. The summed E-state index contributed by atoms with van der Waals surface area (Å²) in [5.74, 6) is 1.12. The molecule has 1 aliphatic heterocycles. The van der Waals surface area contributed by atoms with Gasteiger partial charge in [0.25, 0.3) is 11.8 Å². The van der Waals surface area contributed by atoms with Gasteiger partial charge < -0.3 is 29.1 Å². The SMILES string of the molecule is COc1ccc(CN(C(=O)c2ccc(-c3ccccc3)[nH]2)[C@@H](C(=O)NC[C@H]2CCCO2)c2ccc(C)o2)cc1. The number of nitrogens with one attached hydrogen (secondary N) is 2. The molecule has 8 heteroatoms. The Kier molecular flexibility index (Phi) is 8.13. The van der Waals surface area contributed by atoms with Crippen LogP contribution in [-0.2, 0) is 16.1 Å². The number of aromatic nitrogens is 1. The smallest absolute Gasteiger partial charge is 0.271 e. The normalized spacial score (nSPS) is 15.6. The molecule has 2 aromatic heterocycles. The molecule has 2 amide bonds. The number of carbonyl (C=O) groups is 2. The second-order valence-electron chi connectivity index (χ2n) is 9.66. The van der Waals surface area contributed by atoms with E-state index in [9.17, 15) is 9.59 Å². The Labute approximate surface area is 227 Å². The Bertz CT molecular complexity index is 1390. The maximum atomic E-state index is 14.1. The van der Waals surface area contributed by atoms with Crippen molar-refractivity contribution in [1.82, 2.24) is 15.2 Å². The quantitative estimate of drug-likeness (QED) is 0.293. The maximum absolute atomic E-state index is 14.1. The molecule has 0 aliphatic carbocycles. The van der Waals surface area contributed by atoms with Gasteiger partial charge in [0.1, 0.15) is 23.0 Å². The number of methoxy groups -OCH3 is 1. The Morgan fingerprint density at radius 2 is 1.85 bits per heavy atom. The molecule has 1 saturated heterocycles. The van der Waals surface area contributed by atoms with E-state index in [0.29, 0.717) is 36.1 Å². The van der Waals surface area contributed by atoms with Crippen LogP contribution in [0.2, 0.25) is 0 Å². The van der Waals surface area contributed by atoms with Crippen LogP contribution in [-0.4, -0.2) is 48.1 Å². The van der Waals surface area contributed by atoms with Gasteiger partial charge in [-0.3, -0.25) is 9.59 Å². The van der Waals surface area contributed by atoms with Crippen LogP contribution >= 0.6 is 0 Å². The molecule has 202 valence electrons. The highest BCUT2D eigenvalue weighted by Crippen LogP contribution is 2.29.